The van der Waals surface area contributed by atoms with Gasteiger partial charge in [0.05, 0.1) is 10.0 Å². The number of nitrogens with two attached hydrogens (primary N) is 1. The van der Waals surface area contributed by atoms with E-state index in [0.29, 0.717) is 16.6 Å². The zero-order valence-corrected chi connectivity index (χ0v) is 9.87. The third kappa shape index (κ3) is 3.93. The Labute approximate surface area is 98.3 Å². The van der Waals surface area contributed by atoms with Crippen LogP contribution in [0.3, 0.4) is 0 Å². The molecule has 0 aliphatic rings. The Morgan fingerprint density at radius 2 is 2.00 bits per heavy atom. The number of benzene rings is 1. The van der Waals surface area contributed by atoms with E-state index in [2.05, 4.69) is 0 Å². The molecule has 0 saturated carbocycles. The molecular formula is C10H11Cl2NS. The SMILES string of the molecule is NCC=CCSc1ccc(Cl)c(Cl)c1. The first-order valence-electron chi connectivity index (χ1n) is 4.17. The van der Waals surface area contributed by atoms with Crippen molar-refractivity contribution in [2.24, 2.45) is 5.73 Å². The molecule has 0 radical (unpaired) electrons. The summed E-state index contributed by atoms with van der Waals surface area (Å²) in [5.74, 6) is 0.898. The summed E-state index contributed by atoms with van der Waals surface area (Å²) in [6.07, 6.45) is 3.97. The van der Waals surface area contributed by atoms with E-state index in [-0.39, 0.29) is 0 Å². The zero-order chi connectivity index (χ0) is 10.4. The second-order valence-electron chi connectivity index (χ2n) is 2.59. The summed E-state index contributed by atoms with van der Waals surface area (Å²) in [7, 11) is 0. The smallest absolute Gasteiger partial charge is 0.0603 e. The fourth-order valence-electron chi connectivity index (χ4n) is 0.875. The average molecular weight is 248 g/mol. The van der Waals surface area contributed by atoms with Gasteiger partial charge in [0, 0.05) is 17.2 Å². The van der Waals surface area contributed by atoms with Crippen molar-refractivity contribution in [3.8, 4) is 0 Å². The highest BCUT2D eigenvalue weighted by molar-refractivity contribution is 7.99. The quantitative estimate of drug-likeness (QED) is 0.650. The van der Waals surface area contributed by atoms with Crippen molar-refractivity contribution in [1.29, 1.82) is 0 Å². The summed E-state index contributed by atoms with van der Waals surface area (Å²) in [6, 6.07) is 5.62. The molecule has 4 heteroatoms. The van der Waals surface area contributed by atoms with Crippen LogP contribution in [-0.4, -0.2) is 12.3 Å². The summed E-state index contributed by atoms with van der Waals surface area (Å²) >= 11 is 13.4. The first kappa shape index (κ1) is 11.9. The average Bonchev–Trinajstić information content (AvgIpc) is 2.18. The Hall–Kier alpha value is -0.150. The Morgan fingerprint density at radius 1 is 1.21 bits per heavy atom. The van der Waals surface area contributed by atoms with Crippen molar-refractivity contribution in [2.75, 3.05) is 12.3 Å². The molecule has 1 aromatic rings. The van der Waals surface area contributed by atoms with Gasteiger partial charge in [0.25, 0.3) is 0 Å². The van der Waals surface area contributed by atoms with Crippen molar-refractivity contribution in [1.82, 2.24) is 0 Å². The normalized spacial score (nSPS) is 11.1. The second kappa shape index (κ2) is 6.36. The van der Waals surface area contributed by atoms with Gasteiger partial charge in [0.2, 0.25) is 0 Å². The minimum Gasteiger partial charge on any atom is -0.327 e. The molecular weight excluding hydrogens is 237 g/mol. The fraction of sp³-hybridized carbons (Fsp3) is 0.200. The molecule has 0 bridgehead atoms. The van der Waals surface area contributed by atoms with Crippen molar-refractivity contribution >= 4 is 35.0 Å². The van der Waals surface area contributed by atoms with Crippen LogP contribution in [0.1, 0.15) is 0 Å². The summed E-state index contributed by atoms with van der Waals surface area (Å²) in [5.41, 5.74) is 5.32. The van der Waals surface area contributed by atoms with Gasteiger partial charge < -0.3 is 5.73 Å². The number of thioether (sulfide) groups is 1. The van der Waals surface area contributed by atoms with Crippen LogP contribution in [0.2, 0.25) is 10.0 Å². The van der Waals surface area contributed by atoms with Gasteiger partial charge in [-0.3, -0.25) is 0 Å². The van der Waals surface area contributed by atoms with Gasteiger partial charge >= 0.3 is 0 Å². The van der Waals surface area contributed by atoms with Gasteiger partial charge in [-0.05, 0) is 18.2 Å². The lowest BCUT2D eigenvalue weighted by atomic mass is 10.4. The standard InChI is InChI=1S/C10H11Cl2NS/c11-9-4-3-8(7-10(9)12)14-6-2-1-5-13/h1-4,7H,5-6,13H2. The Kier molecular flexibility index (Phi) is 5.41. The Morgan fingerprint density at radius 3 is 2.64 bits per heavy atom. The number of rotatable bonds is 4. The van der Waals surface area contributed by atoms with E-state index in [1.807, 2.05) is 24.3 Å². The van der Waals surface area contributed by atoms with Crippen molar-refractivity contribution in [3.05, 3.63) is 40.4 Å². The molecule has 1 aromatic carbocycles. The van der Waals surface area contributed by atoms with E-state index < -0.39 is 0 Å². The predicted molar refractivity (Wildman–Crippen MR) is 65.4 cm³/mol. The first-order chi connectivity index (χ1) is 6.74. The molecule has 0 aromatic heterocycles. The highest BCUT2D eigenvalue weighted by atomic mass is 35.5. The van der Waals surface area contributed by atoms with E-state index in [4.69, 9.17) is 28.9 Å². The molecule has 1 rings (SSSR count). The van der Waals surface area contributed by atoms with Crippen LogP contribution in [0.5, 0.6) is 0 Å². The maximum Gasteiger partial charge on any atom is 0.0603 e. The van der Waals surface area contributed by atoms with E-state index >= 15 is 0 Å². The van der Waals surface area contributed by atoms with Gasteiger partial charge in [-0.1, -0.05) is 35.4 Å². The number of hydrogen-bond acceptors (Lipinski definition) is 2. The molecule has 0 unspecified atom stereocenters. The number of hydrogen-bond donors (Lipinski definition) is 1. The van der Waals surface area contributed by atoms with E-state index in [9.17, 15) is 0 Å². The fourth-order valence-corrected chi connectivity index (χ4v) is 2.03. The lowest BCUT2D eigenvalue weighted by Crippen LogP contribution is -1.92. The van der Waals surface area contributed by atoms with Crippen molar-refractivity contribution in [3.63, 3.8) is 0 Å². The Balaban J connectivity index is 2.51. The van der Waals surface area contributed by atoms with Gasteiger partial charge in [-0.2, -0.15) is 0 Å². The lowest BCUT2D eigenvalue weighted by Gasteiger charge is -2.00. The maximum absolute atomic E-state index is 5.87. The van der Waals surface area contributed by atoms with E-state index in [0.717, 1.165) is 10.6 Å². The molecule has 0 saturated heterocycles. The zero-order valence-electron chi connectivity index (χ0n) is 7.54. The van der Waals surface area contributed by atoms with Gasteiger partial charge in [0.1, 0.15) is 0 Å². The Bertz CT molecular complexity index is 326. The van der Waals surface area contributed by atoms with E-state index in [1.165, 1.54) is 0 Å². The highest BCUT2D eigenvalue weighted by Gasteiger charge is 1.98. The summed E-state index contributed by atoms with van der Waals surface area (Å²) < 4.78 is 0. The summed E-state index contributed by atoms with van der Waals surface area (Å²) in [5, 5.41) is 1.19. The predicted octanol–water partition coefficient (Wildman–Crippen LogP) is 3.60. The van der Waals surface area contributed by atoms with Crippen molar-refractivity contribution < 1.29 is 0 Å². The van der Waals surface area contributed by atoms with Crippen LogP contribution in [0.4, 0.5) is 0 Å². The summed E-state index contributed by atoms with van der Waals surface area (Å²) in [4.78, 5) is 1.11. The van der Waals surface area contributed by atoms with Crippen molar-refractivity contribution in [2.45, 2.75) is 4.90 Å². The molecule has 0 spiro atoms. The van der Waals surface area contributed by atoms with Crippen LogP contribution in [-0.2, 0) is 0 Å². The minimum atomic E-state index is 0.585. The highest BCUT2D eigenvalue weighted by Crippen LogP contribution is 2.27. The lowest BCUT2D eigenvalue weighted by molar-refractivity contribution is 1.25. The topological polar surface area (TPSA) is 26.0 Å². The minimum absolute atomic E-state index is 0.585. The molecule has 0 amide bonds. The molecule has 0 aliphatic heterocycles. The van der Waals surface area contributed by atoms with Gasteiger partial charge in [-0.15, -0.1) is 11.8 Å². The van der Waals surface area contributed by atoms with E-state index in [1.54, 1.807) is 17.8 Å². The molecule has 76 valence electrons. The number of halogens is 2. The van der Waals surface area contributed by atoms with Gasteiger partial charge in [-0.25, -0.2) is 0 Å². The van der Waals surface area contributed by atoms with Crippen LogP contribution in [0, 0.1) is 0 Å². The van der Waals surface area contributed by atoms with Crippen LogP contribution >= 0.6 is 35.0 Å². The molecule has 1 nitrogen and oxygen atoms in total. The molecule has 0 atom stereocenters. The van der Waals surface area contributed by atoms with Crippen LogP contribution in [0.25, 0.3) is 0 Å². The third-order valence-corrected chi connectivity index (χ3v) is 3.23. The first-order valence-corrected chi connectivity index (χ1v) is 5.91. The molecule has 0 heterocycles. The molecule has 0 fully saturated rings. The van der Waals surface area contributed by atoms with Gasteiger partial charge in [0.15, 0.2) is 0 Å². The third-order valence-electron chi connectivity index (χ3n) is 1.54. The van der Waals surface area contributed by atoms with Crippen LogP contribution < -0.4 is 5.73 Å². The monoisotopic (exact) mass is 247 g/mol. The van der Waals surface area contributed by atoms with Crippen LogP contribution in [0.15, 0.2) is 35.2 Å². The summed E-state index contributed by atoms with van der Waals surface area (Å²) in [6.45, 7) is 0.585. The largest absolute Gasteiger partial charge is 0.327 e. The molecule has 2 N–H and O–H groups in total. The molecule has 0 aliphatic carbocycles. The maximum atomic E-state index is 5.87. The second-order valence-corrected chi connectivity index (χ2v) is 4.50. The molecule has 14 heavy (non-hydrogen) atoms.